The molecular formula is C20H25FN2O. The van der Waals surface area contributed by atoms with Crippen molar-refractivity contribution in [3.63, 3.8) is 0 Å². The van der Waals surface area contributed by atoms with Gasteiger partial charge in [0.25, 0.3) is 0 Å². The van der Waals surface area contributed by atoms with Crippen LogP contribution in [0.3, 0.4) is 0 Å². The SMILES string of the molecule is CN(C)CCCNC(=O)C(Cc1ccccc1)c1ccc(F)cc1. The Hall–Kier alpha value is -2.20. The average molecular weight is 328 g/mol. The standard InChI is InChI=1S/C20H25FN2O/c1-23(2)14-6-13-22-20(24)19(15-16-7-4-3-5-8-16)17-9-11-18(21)12-10-17/h3-5,7-12,19H,6,13-15H2,1-2H3,(H,22,24). The summed E-state index contributed by atoms with van der Waals surface area (Å²) in [5.41, 5.74) is 1.93. The molecule has 2 aromatic carbocycles. The smallest absolute Gasteiger partial charge is 0.227 e. The van der Waals surface area contributed by atoms with Crippen molar-refractivity contribution in [1.82, 2.24) is 10.2 Å². The lowest BCUT2D eigenvalue weighted by Gasteiger charge is -2.18. The molecule has 4 heteroatoms. The highest BCUT2D eigenvalue weighted by Crippen LogP contribution is 2.22. The Morgan fingerprint density at radius 1 is 1.08 bits per heavy atom. The van der Waals surface area contributed by atoms with Gasteiger partial charge in [0, 0.05) is 6.54 Å². The fourth-order valence-corrected chi connectivity index (χ4v) is 2.64. The molecule has 1 atom stereocenters. The number of nitrogens with zero attached hydrogens (tertiary/aromatic N) is 1. The zero-order valence-corrected chi connectivity index (χ0v) is 14.3. The van der Waals surface area contributed by atoms with Gasteiger partial charge in [-0.05, 0) is 56.7 Å². The van der Waals surface area contributed by atoms with E-state index in [2.05, 4.69) is 10.2 Å². The number of nitrogens with one attached hydrogen (secondary N) is 1. The molecule has 24 heavy (non-hydrogen) atoms. The summed E-state index contributed by atoms with van der Waals surface area (Å²) in [6, 6.07) is 16.1. The molecule has 3 nitrogen and oxygen atoms in total. The van der Waals surface area contributed by atoms with E-state index in [1.807, 2.05) is 44.4 Å². The Bertz CT molecular complexity index is 626. The van der Waals surface area contributed by atoms with Crippen molar-refractivity contribution >= 4 is 5.91 Å². The lowest BCUT2D eigenvalue weighted by atomic mass is 9.91. The molecule has 0 saturated carbocycles. The van der Waals surface area contributed by atoms with Crippen LogP contribution in [0, 0.1) is 5.82 Å². The highest BCUT2D eigenvalue weighted by Gasteiger charge is 2.20. The number of rotatable bonds is 8. The molecule has 1 amide bonds. The van der Waals surface area contributed by atoms with Crippen LogP contribution in [0.4, 0.5) is 4.39 Å². The van der Waals surface area contributed by atoms with E-state index in [1.165, 1.54) is 12.1 Å². The van der Waals surface area contributed by atoms with Crippen LogP contribution in [0.15, 0.2) is 54.6 Å². The highest BCUT2D eigenvalue weighted by molar-refractivity contribution is 5.84. The molecule has 1 N–H and O–H groups in total. The van der Waals surface area contributed by atoms with E-state index in [-0.39, 0.29) is 17.6 Å². The van der Waals surface area contributed by atoms with E-state index in [0.29, 0.717) is 13.0 Å². The van der Waals surface area contributed by atoms with Crippen LogP contribution in [0.25, 0.3) is 0 Å². The van der Waals surface area contributed by atoms with E-state index in [9.17, 15) is 9.18 Å². The van der Waals surface area contributed by atoms with Gasteiger partial charge in [-0.2, -0.15) is 0 Å². The second-order valence-corrected chi connectivity index (χ2v) is 6.24. The first-order chi connectivity index (χ1) is 11.6. The molecule has 0 spiro atoms. The summed E-state index contributed by atoms with van der Waals surface area (Å²) in [6.07, 6.45) is 1.51. The second-order valence-electron chi connectivity index (χ2n) is 6.24. The van der Waals surface area contributed by atoms with Crippen molar-refractivity contribution in [1.29, 1.82) is 0 Å². The summed E-state index contributed by atoms with van der Waals surface area (Å²) < 4.78 is 13.2. The third-order valence-electron chi connectivity index (χ3n) is 3.95. The molecular weight excluding hydrogens is 303 g/mol. The number of hydrogen-bond acceptors (Lipinski definition) is 2. The lowest BCUT2D eigenvalue weighted by Crippen LogP contribution is -2.32. The molecule has 0 aromatic heterocycles. The number of hydrogen-bond donors (Lipinski definition) is 1. The van der Waals surface area contributed by atoms with Gasteiger partial charge in [0.2, 0.25) is 5.91 Å². The van der Waals surface area contributed by atoms with E-state index in [4.69, 9.17) is 0 Å². The van der Waals surface area contributed by atoms with Crippen LogP contribution in [-0.2, 0) is 11.2 Å². The minimum Gasteiger partial charge on any atom is -0.356 e. The number of benzene rings is 2. The van der Waals surface area contributed by atoms with Crippen molar-refractivity contribution in [2.24, 2.45) is 0 Å². The van der Waals surface area contributed by atoms with Crippen LogP contribution < -0.4 is 5.32 Å². The van der Waals surface area contributed by atoms with Gasteiger partial charge in [-0.3, -0.25) is 4.79 Å². The molecule has 0 radical (unpaired) electrons. The van der Waals surface area contributed by atoms with Gasteiger partial charge in [-0.1, -0.05) is 42.5 Å². The monoisotopic (exact) mass is 328 g/mol. The minimum atomic E-state index is -0.313. The van der Waals surface area contributed by atoms with E-state index < -0.39 is 0 Å². The summed E-state index contributed by atoms with van der Waals surface area (Å²) in [6.45, 7) is 1.57. The zero-order chi connectivity index (χ0) is 17.4. The first-order valence-electron chi connectivity index (χ1n) is 8.28. The highest BCUT2D eigenvalue weighted by atomic mass is 19.1. The average Bonchev–Trinajstić information content (AvgIpc) is 2.58. The van der Waals surface area contributed by atoms with Crippen LogP contribution in [-0.4, -0.2) is 38.0 Å². The summed E-state index contributed by atoms with van der Waals surface area (Å²) in [5, 5.41) is 3.01. The summed E-state index contributed by atoms with van der Waals surface area (Å²) in [7, 11) is 4.02. The Morgan fingerprint density at radius 2 is 1.75 bits per heavy atom. The van der Waals surface area contributed by atoms with Gasteiger partial charge in [0.15, 0.2) is 0 Å². The van der Waals surface area contributed by atoms with Crippen LogP contribution in [0.1, 0.15) is 23.5 Å². The molecule has 0 fully saturated rings. The second kappa shape index (κ2) is 9.18. The quantitative estimate of drug-likeness (QED) is 0.755. The maximum absolute atomic E-state index is 13.2. The summed E-state index contributed by atoms with van der Waals surface area (Å²) in [5.74, 6) is -0.611. The fourth-order valence-electron chi connectivity index (χ4n) is 2.64. The summed E-state index contributed by atoms with van der Waals surface area (Å²) in [4.78, 5) is 14.8. The van der Waals surface area contributed by atoms with Crippen LogP contribution >= 0.6 is 0 Å². The normalized spacial score (nSPS) is 12.2. The molecule has 2 aromatic rings. The molecule has 2 rings (SSSR count). The third kappa shape index (κ3) is 5.78. The third-order valence-corrected chi connectivity index (χ3v) is 3.95. The first kappa shape index (κ1) is 18.1. The van der Waals surface area contributed by atoms with Crippen molar-refractivity contribution in [2.75, 3.05) is 27.2 Å². The summed E-state index contributed by atoms with van der Waals surface area (Å²) >= 11 is 0. The largest absolute Gasteiger partial charge is 0.356 e. The van der Waals surface area contributed by atoms with Crippen LogP contribution in [0.5, 0.6) is 0 Å². The zero-order valence-electron chi connectivity index (χ0n) is 14.3. The van der Waals surface area contributed by atoms with Crippen molar-refractivity contribution < 1.29 is 9.18 Å². The maximum Gasteiger partial charge on any atom is 0.227 e. The Morgan fingerprint density at radius 3 is 2.38 bits per heavy atom. The molecule has 0 aliphatic carbocycles. The number of carbonyl (C=O) groups is 1. The van der Waals surface area contributed by atoms with E-state index in [0.717, 1.165) is 24.1 Å². The van der Waals surface area contributed by atoms with Crippen molar-refractivity contribution in [3.05, 3.63) is 71.5 Å². The molecule has 0 aliphatic heterocycles. The molecule has 0 saturated heterocycles. The van der Waals surface area contributed by atoms with Crippen molar-refractivity contribution in [3.8, 4) is 0 Å². The fraction of sp³-hybridized carbons (Fsp3) is 0.350. The Balaban J connectivity index is 2.07. The van der Waals surface area contributed by atoms with Crippen molar-refractivity contribution in [2.45, 2.75) is 18.8 Å². The molecule has 0 heterocycles. The minimum absolute atomic E-state index is 0.00998. The lowest BCUT2D eigenvalue weighted by molar-refractivity contribution is -0.122. The topological polar surface area (TPSA) is 32.3 Å². The maximum atomic E-state index is 13.2. The predicted octanol–water partition coefficient (Wildman–Crippen LogP) is 3.22. The van der Waals surface area contributed by atoms with Gasteiger partial charge >= 0.3 is 0 Å². The van der Waals surface area contributed by atoms with E-state index >= 15 is 0 Å². The van der Waals surface area contributed by atoms with Gasteiger partial charge < -0.3 is 10.2 Å². The van der Waals surface area contributed by atoms with Gasteiger partial charge in [0.05, 0.1) is 5.92 Å². The van der Waals surface area contributed by atoms with Crippen LogP contribution in [0.2, 0.25) is 0 Å². The first-order valence-corrected chi connectivity index (χ1v) is 8.28. The molecule has 0 bridgehead atoms. The van der Waals surface area contributed by atoms with Gasteiger partial charge in [0.1, 0.15) is 5.82 Å². The number of amides is 1. The predicted molar refractivity (Wildman–Crippen MR) is 95.5 cm³/mol. The Labute approximate surface area is 143 Å². The number of carbonyl (C=O) groups excluding carboxylic acids is 1. The van der Waals surface area contributed by atoms with Gasteiger partial charge in [-0.15, -0.1) is 0 Å². The molecule has 0 aliphatic rings. The Kier molecular flexibility index (Phi) is 6.94. The van der Waals surface area contributed by atoms with E-state index in [1.54, 1.807) is 12.1 Å². The molecule has 1 unspecified atom stereocenters. The molecule has 128 valence electrons. The number of halogens is 1. The van der Waals surface area contributed by atoms with Gasteiger partial charge in [-0.25, -0.2) is 4.39 Å².